The fourth-order valence-corrected chi connectivity index (χ4v) is 6.32. The molecule has 0 aliphatic rings. The zero-order chi connectivity index (χ0) is 48.6. The molecular weight excluding hydrogens is 829 g/mol. The molecule has 372 valence electrons. The van der Waals surface area contributed by atoms with E-state index in [1.807, 2.05) is 66.8 Å². The third-order valence-electron chi connectivity index (χ3n) is 10.2. The van der Waals surface area contributed by atoms with Crippen LogP contribution in [0.4, 0.5) is 0 Å². The number of unbranched alkanes of at least 4 members (excludes halogenated alkanes) is 12. The second kappa shape index (κ2) is 53.6. The van der Waals surface area contributed by atoms with Crippen LogP contribution >= 0.6 is 0 Å². The smallest absolute Gasteiger partial charge is 0.306 e. The number of rotatable bonds is 44. The van der Waals surface area contributed by atoms with Gasteiger partial charge in [-0.3, -0.25) is 14.4 Å². The average Bonchev–Trinajstić information content (AvgIpc) is 3.33. The van der Waals surface area contributed by atoms with Crippen LogP contribution in [-0.2, 0) is 28.6 Å². The van der Waals surface area contributed by atoms with Gasteiger partial charge in [0.1, 0.15) is 13.2 Å². The fourth-order valence-electron chi connectivity index (χ4n) is 6.32. The standard InChI is InChI=1S/C61H92O6/c1-4-7-10-13-16-19-22-25-27-29-30-32-33-36-39-42-45-48-51-54-60(63)66-57-58(56-65-59(62)53-50-47-44-41-38-35-24-21-18-15-12-9-6-3)67-61(64)55-52-49-46-43-40-37-34-31-28-26-23-20-17-14-11-8-5-2/h7-8,10-11,14,16-17,19-20,23,25-28,30-32,34-40,44,47,58H,4-6,9,12-13,15,18,21-22,24,29,33,41-43,45-46,48-57H2,1-3H3/b10-7-,11-8-,17-14-,19-16-,23-20-,27-25-,28-26-,32-30-,34-31+,38-35-,39-36-,40-37-,47-44-. The Hall–Kier alpha value is -4.97. The predicted octanol–water partition coefficient (Wildman–Crippen LogP) is 17.4. The van der Waals surface area contributed by atoms with E-state index in [4.69, 9.17) is 14.2 Å². The van der Waals surface area contributed by atoms with Crippen molar-refractivity contribution in [2.45, 2.75) is 194 Å². The summed E-state index contributed by atoms with van der Waals surface area (Å²) >= 11 is 0. The van der Waals surface area contributed by atoms with Crippen LogP contribution in [0.3, 0.4) is 0 Å². The molecule has 0 saturated heterocycles. The SMILES string of the molecule is CC\C=C/C=C\C=C/C=C\C=C\C=C/CCCCCC(=O)OC(COC(=O)CC/C=C\C/C=C\CCCCCCCC)COC(=O)CCCCC/C=C\C/C=C\C/C=C\C/C=C\C/C=C\CC. The van der Waals surface area contributed by atoms with Crippen molar-refractivity contribution in [3.05, 3.63) is 158 Å². The summed E-state index contributed by atoms with van der Waals surface area (Å²) in [7, 11) is 0. The van der Waals surface area contributed by atoms with Gasteiger partial charge in [0.05, 0.1) is 0 Å². The number of ether oxygens (including phenoxy) is 3. The second-order valence-electron chi connectivity index (χ2n) is 16.5. The maximum Gasteiger partial charge on any atom is 0.306 e. The van der Waals surface area contributed by atoms with Gasteiger partial charge in [-0.2, -0.15) is 0 Å². The van der Waals surface area contributed by atoms with Crippen molar-refractivity contribution >= 4 is 17.9 Å². The van der Waals surface area contributed by atoms with E-state index >= 15 is 0 Å². The first-order valence-corrected chi connectivity index (χ1v) is 26.1. The van der Waals surface area contributed by atoms with Crippen molar-refractivity contribution < 1.29 is 28.6 Å². The van der Waals surface area contributed by atoms with E-state index in [1.165, 1.54) is 38.5 Å². The number of hydrogen-bond acceptors (Lipinski definition) is 6. The maximum atomic E-state index is 12.8. The predicted molar refractivity (Wildman–Crippen MR) is 288 cm³/mol. The van der Waals surface area contributed by atoms with Crippen LogP contribution in [0.1, 0.15) is 188 Å². The molecule has 0 amide bonds. The number of esters is 3. The molecule has 0 aliphatic heterocycles. The Bertz CT molecular complexity index is 1570. The molecule has 67 heavy (non-hydrogen) atoms. The molecule has 0 aromatic heterocycles. The monoisotopic (exact) mass is 921 g/mol. The highest BCUT2D eigenvalue weighted by atomic mass is 16.6. The van der Waals surface area contributed by atoms with Gasteiger partial charge in [0.2, 0.25) is 0 Å². The van der Waals surface area contributed by atoms with E-state index in [2.05, 4.69) is 112 Å². The fraction of sp³-hybridized carbons (Fsp3) is 0.525. The zero-order valence-electron chi connectivity index (χ0n) is 42.3. The molecule has 0 rings (SSSR count). The molecule has 0 aromatic carbocycles. The highest BCUT2D eigenvalue weighted by Gasteiger charge is 2.19. The Kier molecular flexibility index (Phi) is 49.7. The molecule has 6 heteroatoms. The molecule has 1 atom stereocenters. The summed E-state index contributed by atoms with van der Waals surface area (Å²) in [5.74, 6) is -1.10. The van der Waals surface area contributed by atoms with E-state index in [-0.39, 0.29) is 44.0 Å². The van der Waals surface area contributed by atoms with Gasteiger partial charge in [-0.05, 0) is 103 Å². The Labute approximate surface area is 409 Å². The van der Waals surface area contributed by atoms with Crippen LogP contribution in [0.15, 0.2) is 158 Å². The minimum absolute atomic E-state index is 0.139. The van der Waals surface area contributed by atoms with Gasteiger partial charge in [-0.25, -0.2) is 0 Å². The van der Waals surface area contributed by atoms with Crippen molar-refractivity contribution in [2.24, 2.45) is 0 Å². The first-order chi connectivity index (χ1) is 33.0. The largest absolute Gasteiger partial charge is 0.462 e. The lowest BCUT2D eigenvalue weighted by atomic mass is 10.1. The molecule has 0 saturated carbocycles. The molecule has 0 N–H and O–H groups in total. The van der Waals surface area contributed by atoms with Gasteiger partial charge < -0.3 is 14.2 Å². The molecule has 0 heterocycles. The Morgan fingerprint density at radius 2 is 0.687 bits per heavy atom. The lowest BCUT2D eigenvalue weighted by Crippen LogP contribution is -2.30. The van der Waals surface area contributed by atoms with Crippen molar-refractivity contribution in [3.8, 4) is 0 Å². The van der Waals surface area contributed by atoms with Crippen molar-refractivity contribution in [1.82, 2.24) is 0 Å². The molecule has 0 radical (unpaired) electrons. The normalized spacial score (nSPS) is 13.4. The molecule has 0 spiro atoms. The number of carbonyl (C=O) groups excluding carboxylic acids is 3. The molecule has 0 aromatic rings. The van der Waals surface area contributed by atoms with Crippen molar-refractivity contribution in [1.29, 1.82) is 0 Å². The lowest BCUT2D eigenvalue weighted by Gasteiger charge is -2.18. The first kappa shape index (κ1) is 62.0. The molecule has 0 aliphatic carbocycles. The third-order valence-corrected chi connectivity index (χ3v) is 10.2. The van der Waals surface area contributed by atoms with Gasteiger partial charge >= 0.3 is 17.9 Å². The van der Waals surface area contributed by atoms with E-state index in [9.17, 15) is 14.4 Å². The van der Waals surface area contributed by atoms with Crippen LogP contribution in [0.2, 0.25) is 0 Å². The molecule has 0 fully saturated rings. The molecule has 0 bridgehead atoms. The van der Waals surface area contributed by atoms with Crippen LogP contribution in [0.5, 0.6) is 0 Å². The summed E-state index contributed by atoms with van der Waals surface area (Å²) in [6.45, 7) is 6.22. The van der Waals surface area contributed by atoms with Crippen LogP contribution in [0.25, 0.3) is 0 Å². The Morgan fingerprint density at radius 3 is 1.18 bits per heavy atom. The first-order valence-electron chi connectivity index (χ1n) is 26.1. The molecule has 6 nitrogen and oxygen atoms in total. The maximum absolute atomic E-state index is 12.8. The van der Waals surface area contributed by atoms with Crippen LogP contribution < -0.4 is 0 Å². The van der Waals surface area contributed by atoms with Crippen LogP contribution in [0, 0.1) is 0 Å². The van der Waals surface area contributed by atoms with E-state index in [0.29, 0.717) is 19.3 Å². The van der Waals surface area contributed by atoms with E-state index in [0.717, 1.165) is 96.3 Å². The molecule has 1 unspecified atom stereocenters. The molecular formula is C61H92O6. The van der Waals surface area contributed by atoms with Gasteiger partial charge in [-0.1, -0.05) is 224 Å². The number of hydrogen-bond donors (Lipinski definition) is 0. The summed E-state index contributed by atoms with van der Waals surface area (Å²) < 4.78 is 16.7. The van der Waals surface area contributed by atoms with Gasteiger partial charge in [0.15, 0.2) is 6.10 Å². The van der Waals surface area contributed by atoms with Crippen molar-refractivity contribution in [2.75, 3.05) is 13.2 Å². The van der Waals surface area contributed by atoms with Gasteiger partial charge in [0.25, 0.3) is 0 Å². The Morgan fingerprint density at radius 1 is 0.328 bits per heavy atom. The van der Waals surface area contributed by atoms with Gasteiger partial charge in [-0.15, -0.1) is 0 Å². The Balaban J connectivity index is 4.63. The summed E-state index contributed by atoms with van der Waals surface area (Å²) in [5.41, 5.74) is 0. The third kappa shape index (κ3) is 51.9. The summed E-state index contributed by atoms with van der Waals surface area (Å²) in [4.78, 5) is 38.0. The van der Waals surface area contributed by atoms with Crippen LogP contribution in [-0.4, -0.2) is 37.2 Å². The van der Waals surface area contributed by atoms with Crippen molar-refractivity contribution in [3.63, 3.8) is 0 Å². The second-order valence-corrected chi connectivity index (χ2v) is 16.5. The number of allylic oxidation sites excluding steroid dienone is 26. The summed E-state index contributed by atoms with van der Waals surface area (Å²) in [6, 6.07) is 0. The minimum atomic E-state index is -0.846. The highest BCUT2D eigenvalue weighted by molar-refractivity contribution is 5.71. The topological polar surface area (TPSA) is 78.9 Å². The number of carbonyl (C=O) groups is 3. The quantitative estimate of drug-likeness (QED) is 0.0199. The van der Waals surface area contributed by atoms with Gasteiger partial charge in [0, 0.05) is 19.3 Å². The minimum Gasteiger partial charge on any atom is -0.462 e. The lowest BCUT2D eigenvalue weighted by molar-refractivity contribution is -0.166. The highest BCUT2D eigenvalue weighted by Crippen LogP contribution is 2.11. The zero-order valence-corrected chi connectivity index (χ0v) is 42.3. The van der Waals surface area contributed by atoms with E-state index < -0.39 is 6.10 Å². The average molecular weight is 921 g/mol. The summed E-state index contributed by atoms with van der Waals surface area (Å²) in [5, 5.41) is 0. The summed E-state index contributed by atoms with van der Waals surface area (Å²) in [6.07, 6.45) is 78.1. The van der Waals surface area contributed by atoms with E-state index in [1.54, 1.807) is 0 Å².